The molecular weight excluding hydrogens is 456 g/mol. The zero-order valence-electron chi connectivity index (χ0n) is 15.0. The molecule has 0 atom stereocenters. The molecule has 0 fully saturated rings. The molecule has 0 radical (unpaired) electrons. The highest BCUT2D eigenvalue weighted by molar-refractivity contribution is 9.10. The summed E-state index contributed by atoms with van der Waals surface area (Å²) in [5.74, 6) is -3.76. The second kappa shape index (κ2) is 8.20. The zero-order chi connectivity index (χ0) is 21.3. The number of halogens is 5. The second-order valence-electron chi connectivity index (χ2n) is 5.98. The standard InChI is InChI=1S/C20H13BrF4N2O2/c1-3-11-6-15(24)18(16(25)7-11)27-10(2)26-19(17(21)20(27)28)29-9-12-4-5-13(22)8-14(12)23/h3-8H,1,9H2,2H3. The van der Waals surface area contributed by atoms with E-state index >= 15 is 0 Å². The summed E-state index contributed by atoms with van der Waals surface area (Å²) in [5.41, 5.74) is -1.17. The highest BCUT2D eigenvalue weighted by atomic mass is 79.9. The van der Waals surface area contributed by atoms with Gasteiger partial charge in [-0.05, 0) is 52.7 Å². The van der Waals surface area contributed by atoms with Gasteiger partial charge >= 0.3 is 0 Å². The summed E-state index contributed by atoms with van der Waals surface area (Å²) in [6, 6.07) is 5.02. The average Bonchev–Trinajstić information content (AvgIpc) is 2.66. The van der Waals surface area contributed by atoms with Crippen molar-refractivity contribution >= 4 is 22.0 Å². The summed E-state index contributed by atoms with van der Waals surface area (Å²) in [7, 11) is 0. The van der Waals surface area contributed by atoms with Gasteiger partial charge in [-0.3, -0.25) is 9.36 Å². The molecule has 1 aromatic heterocycles. The van der Waals surface area contributed by atoms with Crippen LogP contribution < -0.4 is 10.3 Å². The highest BCUT2D eigenvalue weighted by Crippen LogP contribution is 2.25. The van der Waals surface area contributed by atoms with Gasteiger partial charge in [0.05, 0.1) is 0 Å². The lowest BCUT2D eigenvalue weighted by Crippen LogP contribution is -2.25. The molecule has 0 aliphatic heterocycles. The van der Waals surface area contributed by atoms with E-state index in [-0.39, 0.29) is 33.9 Å². The van der Waals surface area contributed by atoms with E-state index in [1.807, 2.05) is 0 Å². The van der Waals surface area contributed by atoms with Crippen LogP contribution in [0.5, 0.6) is 5.88 Å². The van der Waals surface area contributed by atoms with Gasteiger partial charge < -0.3 is 4.74 Å². The molecular formula is C20H13BrF4N2O2. The quantitative estimate of drug-likeness (QED) is 0.490. The van der Waals surface area contributed by atoms with Gasteiger partial charge in [-0.25, -0.2) is 17.6 Å². The Bertz CT molecular complexity index is 1150. The first-order valence-electron chi connectivity index (χ1n) is 8.20. The first-order valence-corrected chi connectivity index (χ1v) is 9.00. The molecule has 0 N–H and O–H groups in total. The zero-order valence-corrected chi connectivity index (χ0v) is 16.6. The lowest BCUT2D eigenvalue weighted by molar-refractivity contribution is 0.283. The Kier molecular flexibility index (Phi) is 5.88. The van der Waals surface area contributed by atoms with Crippen LogP contribution >= 0.6 is 15.9 Å². The van der Waals surface area contributed by atoms with Crippen molar-refractivity contribution in [3.63, 3.8) is 0 Å². The Labute approximate surface area is 171 Å². The normalized spacial score (nSPS) is 10.8. The molecule has 1 heterocycles. The molecule has 0 spiro atoms. The number of hydrogen-bond acceptors (Lipinski definition) is 3. The van der Waals surface area contributed by atoms with Gasteiger partial charge in [0.15, 0.2) is 11.6 Å². The van der Waals surface area contributed by atoms with Crippen LogP contribution in [0.2, 0.25) is 0 Å². The predicted molar refractivity (Wildman–Crippen MR) is 103 cm³/mol. The van der Waals surface area contributed by atoms with E-state index in [0.717, 1.165) is 22.8 Å². The number of aromatic nitrogens is 2. The number of nitrogens with zero attached hydrogens (tertiary/aromatic N) is 2. The summed E-state index contributed by atoms with van der Waals surface area (Å²) < 4.78 is 61.5. The average molecular weight is 469 g/mol. The van der Waals surface area contributed by atoms with Crippen molar-refractivity contribution in [2.45, 2.75) is 13.5 Å². The number of rotatable bonds is 5. The maximum absolute atomic E-state index is 14.4. The van der Waals surface area contributed by atoms with Gasteiger partial charge in [0.2, 0.25) is 5.88 Å². The minimum atomic E-state index is -0.971. The SMILES string of the molecule is C=Cc1cc(F)c(-n2c(C)nc(OCc3ccc(F)cc3F)c(Br)c2=O)c(F)c1. The Morgan fingerprint density at radius 3 is 2.38 bits per heavy atom. The van der Waals surface area contributed by atoms with E-state index in [4.69, 9.17) is 4.74 Å². The van der Waals surface area contributed by atoms with E-state index in [9.17, 15) is 22.4 Å². The van der Waals surface area contributed by atoms with Crippen LogP contribution in [0, 0.1) is 30.2 Å². The molecule has 0 aliphatic rings. The van der Waals surface area contributed by atoms with Gasteiger partial charge in [-0.1, -0.05) is 12.7 Å². The molecule has 0 unspecified atom stereocenters. The highest BCUT2D eigenvalue weighted by Gasteiger charge is 2.21. The lowest BCUT2D eigenvalue weighted by Gasteiger charge is -2.15. The van der Waals surface area contributed by atoms with E-state index in [1.165, 1.54) is 19.1 Å². The first kappa shape index (κ1) is 20.8. The summed E-state index contributed by atoms with van der Waals surface area (Å²) in [5, 5.41) is 0. The largest absolute Gasteiger partial charge is 0.472 e. The van der Waals surface area contributed by atoms with Crippen molar-refractivity contribution < 1.29 is 22.3 Å². The molecule has 9 heteroatoms. The Balaban J connectivity index is 2.01. The minimum Gasteiger partial charge on any atom is -0.472 e. The maximum Gasteiger partial charge on any atom is 0.276 e. The Morgan fingerprint density at radius 2 is 1.79 bits per heavy atom. The molecule has 0 amide bonds. The van der Waals surface area contributed by atoms with Gasteiger partial charge in [-0.2, -0.15) is 4.98 Å². The monoisotopic (exact) mass is 468 g/mol. The fourth-order valence-electron chi connectivity index (χ4n) is 2.64. The van der Waals surface area contributed by atoms with E-state index in [2.05, 4.69) is 27.5 Å². The minimum absolute atomic E-state index is 0.0408. The first-order chi connectivity index (χ1) is 13.7. The molecule has 29 heavy (non-hydrogen) atoms. The van der Waals surface area contributed by atoms with Gasteiger partial charge in [0.25, 0.3) is 5.56 Å². The maximum atomic E-state index is 14.4. The Hall–Kier alpha value is -2.94. The molecule has 0 aliphatic carbocycles. The van der Waals surface area contributed by atoms with Gasteiger partial charge in [-0.15, -0.1) is 0 Å². The molecule has 4 nitrogen and oxygen atoms in total. The van der Waals surface area contributed by atoms with Crippen molar-refractivity contribution in [3.8, 4) is 11.6 Å². The third kappa shape index (κ3) is 4.09. The fourth-order valence-corrected chi connectivity index (χ4v) is 3.02. The predicted octanol–water partition coefficient (Wildman–Crippen LogP) is 5.08. The van der Waals surface area contributed by atoms with Crippen LogP contribution in [0.15, 0.2) is 46.2 Å². The topological polar surface area (TPSA) is 44.1 Å². The van der Waals surface area contributed by atoms with Crippen molar-refractivity contribution in [1.29, 1.82) is 0 Å². The fraction of sp³-hybridized carbons (Fsp3) is 0.100. The van der Waals surface area contributed by atoms with Gasteiger partial charge in [0.1, 0.15) is 34.2 Å². The summed E-state index contributed by atoms with van der Waals surface area (Å²) in [4.78, 5) is 16.8. The molecule has 3 rings (SSSR count). The smallest absolute Gasteiger partial charge is 0.276 e. The molecule has 3 aromatic rings. The van der Waals surface area contributed by atoms with Crippen LogP contribution in [0.25, 0.3) is 11.8 Å². The molecule has 2 aromatic carbocycles. The molecule has 150 valence electrons. The second-order valence-corrected chi connectivity index (χ2v) is 6.77. The lowest BCUT2D eigenvalue weighted by atomic mass is 10.2. The number of aryl methyl sites for hydroxylation is 1. The van der Waals surface area contributed by atoms with Crippen molar-refractivity contribution in [2.75, 3.05) is 0 Å². The van der Waals surface area contributed by atoms with Gasteiger partial charge in [0, 0.05) is 11.6 Å². The van der Waals surface area contributed by atoms with Crippen LogP contribution in [0.3, 0.4) is 0 Å². The summed E-state index contributed by atoms with van der Waals surface area (Å²) >= 11 is 3.01. The molecule has 0 saturated carbocycles. The third-order valence-corrected chi connectivity index (χ3v) is 4.72. The number of benzene rings is 2. The van der Waals surface area contributed by atoms with Crippen molar-refractivity contribution in [2.24, 2.45) is 0 Å². The van der Waals surface area contributed by atoms with Crippen molar-refractivity contribution in [3.05, 3.63) is 92.0 Å². The van der Waals surface area contributed by atoms with Crippen LogP contribution in [0.1, 0.15) is 17.0 Å². The van der Waals surface area contributed by atoms with Crippen molar-refractivity contribution in [1.82, 2.24) is 9.55 Å². The molecule has 0 bridgehead atoms. The number of hydrogen-bond donors (Lipinski definition) is 0. The van der Waals surface area contributed by atoms with Crippen LogP contribution in [0.4, 0.5) is 17.6 Å². The number of ether oxygens (including phenoxy) is 1. The summed E-state index contributed by atoms with van der Waals surface area (Å²) in [6.07, 6.45) is 1.27. The summed E-state index contributed by atoms with van der Waals surface area (Å²) in [6.45, 7) is 4.47. The van der Waals surface area contributed by atoms with E-state index < -0.39 is 34.5 Å². The van der Waals surface area contributed by atoms with Crippen LogP contribution in [-0.4, -0.2) is 9.55 Å². The Morgan fingerprint density at radius 1 is 1.14 bits per heavy atom. The van der Waals surface area contributed by atoms with E-state index in [1.54, 1.807) is 0 Å². The molecule has 0 saturated heterocycles. The van der Waals surface area contributed by atoms with Crippen LogP contribution in [-0.2, 0) is 6.61 Å². The third-order valence-electron chi connectivity index (χ3n) is 4.04. The van der Waals surface area contributed by atoms with E-state index in [0.29, 0.717) is 6.07 Å².